The summed E-state index contributed by atoms with van der Waals surface area (Å²) >= 11 is 0. The third kappa shape index (κ3) is 6.36. The molecule has 4 aromatic carbocycles. The van der Waals surface area contributed by atoms with E-state index in [0.29, 0.717) is 40.4 Å². The van der Waals surface area contributed by atoms with Crippen LogP contribution in [0.15, 0.2) is 103 Å². The number of hydrogen-bond donors (Lipinski definition) is 0. The summed E-state index contributed by atoms with van der Waals surface area (Å²) in [6.45, 7) is 0.431. The van der Waals surface area contributed by atoms with Gasteiger partial charge in [-0.1, -0.05) is 60.7 Å². The Balaban J connectivity index is 1.54. The maximum atomic E-state index is 13.1. The smallest absolute Gasteiger partial charge is 0.338 e. The van der Waals surface area contributed by atoms with Crippen molar-refractivity contribution in [3.63, 3.8) is 0 Å². The summed E-state index contributed by atoms with van der Waals surface area (Å²) in [7, 11) is 1.56. The number of methoxy groups -OCH3 is 1. The van der Waals surface area contributed by atoms with E-state index in [4.69, 9.17) is 14.2 Å². The highest BCUT2D eigenvalue weighted by molar-refractivity contribution is 6.09. The van der Waals surface area contributed by atoms with Crippen LogP contribution in [0.3, 0.4) is 0 Å². The van der Waals surface area contributed by atoms with E-state index < -0.39 is 5.97 Å². The minimum Gasteiger partial charge on any atom is -0.497 e. The van der Waals surface area contributed by atoms with Crippen LogP contribution in [-0.2, 0) is 17.8 Å². The Bertz CT molecular complexity index is 1280. The third-order valence-corrected chi connectivity index (χ3v) is 5.51. The van der Waals surface area contributed by atoms with E-state index in [1.807, 2.05) is 36.4 Å². The molecule has 176 valence electrons. The van der Waals surface area contributed by atoms with Gasteiger partial charge in [0.25, 0.3) is 0 Å². The van der Waals surface area contributed by atoms with Crippen LogP contribution in [0.4, 0.5) is 0 Å². The van der Waals surface area contributed by atoms with Gasteiger partial charge in [-0.05, 0) is 48.0 Å². The number of ketones is 1. The van der Waals surface area contributed by atoms with E-state index in [1.165, 1.54) is 0 Å². The third-order valence-electron chi connectivity index (χ3n) is 5.51. The Labute approximate surface area is 204 Å². The van der Waals surface area contributed by atoms with Crippen molar-refractivity contribution in [2.75, 3.05) is 13.7 Å². The molecule has 0 spiro atoms. The summed E-state index contributed by atoms with van der Waals surface area (Å²) < 4.78 is 16.8. The summed E-state index contributed by atoms with van der Waals surface area (Å²) in [5.41, 5.74) is 3.22. The molecule has 0 atom stereocenters. The van der Waals surface area contributed by atoms with Gasteiger partial charge in [-0.25, -0.2) is 4.79 Å². The van der Waals surface area contributed by atoms with Crippen LogP contribution in [0.5, 0.6) is 11.5 Å². The highest BCUT2D eigenvalue weighted by Gasteiger charge is 2.15. The molecule has 0 bridgehead atoms. The second-order valence-corrected chi connectivity index (χ2v) is 7.91. The second kappa shape index (κ2) is 11.7. The molecule has 0 aromatic heterocycles. The number of rotatable bonds is 10. The molecule has 0 aliphatic heterocycles. The number of carbonyl (C=O) groups excluding carboxylic acids is 2. The average molecular weight is 467 g/mol. The average Bonchev–Trinajstić information content (AvgIpc) is 2.93. The van der Waals surface area contributed by atoms with Gasteiger partial charge in [-0.3, -0.25) is 4.79 Å². The zero-order chi connectivity index (χ0) is 24.5. The van der Waals surface area contributed by atoms with E-state index in [-0.39, 0.29) is 12.4 Å². The topological polar surface area (TPSA) is 61.8 Å². The molecule has 4 aromatic rings. The van der Waals surface area contributed by atoms with Crippen molar-refractivity contribution in [3.8, 4) is 11.5 Å². The van der Waals surface area contributed by atoms with Crippen molar-refractivity contribution in [1.29, 1.82) is 0 Å². The Morgan fingerprint density at radius 2 is 1.40 bits per heavy atom. The number of benzene rings is 4. The predicted molar refractivity (Wildman–Crippen MR) is 134 cm³/mol. The van der Waals surface area contributed by atoms with Gasteiger partial charge >= 0.3 is 5.97 Å². The number of carbonyl (C=O) groups is 2. The van der Waals surface area contributed by atoms with Crippen molar-refractivity contribution in [3.05, 3.63) is 131 Å². The largest absolute Gasteiger partial charge is 0.497 e. The first-order valence-electron chi connectivity index (χ1n) is 11.3. The van der Waals surface area contributed by atoms with E-state index in [1.54, 1.807) is 73.8 Å². The lowest BCUT2D eigenvalue weighted by Gasteiger charge is -2.14. The molecule has 0 fully saturated rings. The summed E-state index contributed by atoms with van der Waals surface area (Å²) in [4.78, 5) is 25.6. The van der Waals surface area contributed by atoms with E-state index in [0.717, 1.165) is 12.0 Å². The monoisotopic (exact) mass is 466 g/mol. The summed E-state index contributed by atoms with van der Waals surface area (Å²) in [6.07, 6.45) is 0.731. The maximum Gasteiger partial charge on any atom is 0.338 e. The molecule has 0 heterocycles. The molecule has 0 aliphatic carbocycles. The predicted octanol–water partition coefficient (Wildman–Crippen LogP) is 5.90. The van der Waals surface area contributed by atoms with Gasteiger partial charge in [0.15, 0.2) is 5.78 Å². The minimum atomic E-state index is -0.439. The van der Waals surface area contributed by atoms with Gasteiger partial charge in [0.2, 0.25) is 0 Å². The van der Waals surface area contributed by atoms with Gasteiger partial charge in [-0.2, -0.15) is 0 Å². The standard InChI is InChI=1S/C30H26O5/c1-33-27-14-8-13-24(20-27)29(31)25-15-16-28(34-18-17-22-9-4-2-5-10-22)26(19-25)21-35-30(32)23-11-6-3-7-12-23/h2-16,19-20H,17-18,21H2,1H3. The molecule has 4 rings (SSSR count). The lowest BCUT2D eigenvalue weighted by molar-refractivity contribution is 0.0469. The SMILES string of the molecule is COc1cccc(C(=O)c2ccc(OCCc3ccccc3)c(COC(=O)c3ccccc3)c2)c1. The molecule has 5 nitrogen and oxygen atoms in total. The van der Waals surface area contributed by atoms with Crippen molar-refractivity contribution in [2.24, 2.45) is 0 Å². The molecule has 0 radical (unpaired) electrons. The van der Waals surface area contributed by atoms with E-state index in [2.05, 4.69) is 0 Å². The molecule has 5 heteroatoms. The molecule has 0 N–H and O–H groups in total. The molecule has 0 aliphatic rings. The van der Waals surface area contributed by atoms with Crippen molar-refractivity contribution >= 4 is 11.8 Å². The fourth-order valence-corrected chi connectivity index (χ4v) is 3.63. The van der Waals surface area contributed by atoms with Gasteiger partial charge in [0, 0.05) is 23.1 Å². The molecule has 0 saturated carbocycles. The Hall–Kier alpha value is -4.38. The van der Waals surface area contributed by atoms with E-state index >= 15 is 0 Å². The molecule has 0 amide bonds. The maximum absolute atomic E-state index is 13.1. The number of ether oxygens (including phenoxy) is 3. The van der Waals surface area contributed by atoms with Crippen LogP contribution in [-0.4, -0.2) is 25.5 Å². The molecular weight excluding hydrogens is 440 g/mol. The van der Waals surface area contributed by atoms with Crippen LogP contribution in [0.1, 0.15) is 37.4 Å². The summed E-state index contributed by atoms with van der Waals surface area (Å²) in [5.74, 6) is 0.582. The first-order chi connectivity index (χ1) is 17.1. The van der Waals surface area contributed by atoms with Crippen molar-refractivity contribution < 1.29 is 23.8 Å². The van der Waals surface area contributed by atoms with Crippen LogP contribution >= 0.6 is 0 Å². The lowest BCUT2D eigenvalue weighted by Crippen LogP contribution is -2.09. The van der Waals surface area contributed by atoms with Crippen LogP contribution in [0.25, 0.3) is 0 Å². The van der Waals surface area contributed by atoms with Crippen molar-refractivity contribution in [1.82, 2.24) is 0 Å². The van der Waals surface area contributed by atoms with Crippen molar-refractivity contribution in [2.45, 2.75) is 13.0 Å². The fourth-order valence-electron chi connectivity index (χ4n) is 3.63. The first kappa shape index (κ1) is 23.8. The number of hydrogen-bond acceptors (Lipinski definition) is 5. The van der Waals surface area contributed by atoms with Gasteiger partial charge in [0.05, 0.1) is 19.3 Å². The quantitative estimate of drug-likeness (QED) is 0.215. The van der Waals surface area contributed by atoms with E-state index in [9.17, 15) is 9.59 Å². The summed E-state index contributed by atoms with van der Waals surface area (Å²) in [5, 5.41) is 0. The first-order valence-corrected chi connectivity index (χ1v) is 11.3. The molecule has 0 unspecified atom stereocenters. The lowest BCUT2D eigenvalue weighted by atomic mass is 10.0. The Morgan fingerprint density at radius 1 is 0.714 bits per heavy atom. The highest BCUT2D eigenvalue weighted by atomic mass is 16.5. The van der Waals surface area contributed by atoms with Crippen LogP contribution < -0.4 is 9.47 Å². The van der Waals surface area contributed by atoms with Gasteiger partial charge in [-0.15, -0.1) is 0 Å². The molecular formula is C30H26O5. The normalized spacial score (nSPS) is 10.4. The van der Waals surface area contributed by atoms with Crippen LogP contribution in [0.2, 0.25) is 0 Å². The second-order valence-electron chi connectivity index (χ2n) is 7.91. The number of esters is 1. The summed E-state index contributed by atoms with van der Waals surface area (Å²) in [6, 6.07) is 31.0. The molecule has 35 heavy (non-hydrogen) atoms. The fraction of sp³-hybridized carbons (Fsp3) is 0.133. The Kier molecular flexibility index (Phi) is 7.92. The minimum absolute atomic E-state index is 0.0202. The van der Waals surface area contributed by atoms with Crippen LogP contribution in [0, 0.1) is 0 Å². The van der Waals surface area contributed by atoms with Gasteiger partial charge < -0.3 is 14.2 Å². The van der Waals surface area contributed by atoms with Gasteiger partial charge in [0.1, 0.15) is 18.1 Å². The zero-order valence-corrected chi connectivity index (χ0v) is 19.5. The molecule has 0 saturated heterocycles. The Morgan fingerprint density at radius 3 is 2.14 bits per heavy atom. The highest BCUT2D eigenvalue weighted by Crippen LogP contribution is 2.25. The zero-order valence-electron chi connectivity index (χ0n) is 19.5.